The molecular weight excluding hydrogens is 263 g/mol. The van der Waals surface area contributed by atoms with Crippen LogP contribution in [-0.2, 0) is 0 Å². The van der Waals surface area contributed by atoms with Gasteiger partial charge in [0.05, 0.1) is 0 Å². The number of thiocyanates is 1. The van der Waals surface area contributed by atoms with Crippen LogP contribution in [0.1, 0.15) is 12.8 Å². The van der Waals surface area contributed by atoms with Gasteiger partial charge in [0.15, 0.2) is 0 Å². The zero-order valence-electron chi connectivity index (χ0n) is 7.62. The van der Waals surface area contributed by atoms with E-state index in [-0.39, 0.29) is 5.75 Å². The smallest absolute Gasteiger partial charge is 0.224 e. The summed E-state index contributed by atoms with van der Waals surface area (Å²) in [6, 6.07) is 0. The summed E-state index contributed by atoms with van der Waals surface area (Å²) in [5.74, 6) is -0.283. The Hall–Kier alpha value is -0.650. The quantitative estimate of drug-likeness (QED) is 0.440. The number of rotatable bonds is 4. The Morgan fingerprint density at radius 1 is 0.938 bits per heavy atom. The van der Waals surface area contributed by atoms with Crippen molar-refractivity contribution < 1.29 is 30.7 Å². The van der Waals surface area contributed by atoms with Crippen LogP contribution in [0, 0.1) is 10.7 Å². The highest BCUT2D eigenvalue weighted by Gasteiger charge is 2.71. The molecule has 0 aromatic carbocycles. The van der Waals surface area contributed by atoms with Crippen molar-refractivity contribution in [1.29, 1.82) is 5.26 Å². The molecule has 0 spiro atoms. The van der Waals surface area contributed by atoms with Gasteiger partial charge in [0, 0.05) is 12.2 Å². The first-order chi connectivity index (χ1) is 7.06. The van der Waals surface area contributed by atoms with Gasteiger partial charge >= 0.3 is 12.4 Å². The van der Waals surface area contributed by atoms with Crippen LogP contribution in [0.2, 0.25) is 0 Å². The number of nitriles is 1. The normalized spacial score (nSPS) is 13.6. The molecule has 9 heteroatoms. The van der Waals surface area contributed by atoms with E-state index in [1.807, 2.05) is 0 Å². The van der Waals surface area contributed by atoms with Gasteiger partial charge in [0.1, 0.15) is 5.40 Å². The van der Waals surface area contributed by atoms with Gasteiger partial charge in [0.25, 0.3) is 5.67 Å². The highest BCUT2D eigenvalue weighted by Crippen LogP contribution is 2.48. The van der Waals surface area contributed by atoms with Gasteiger partial charge in [-0.3, -0.25) is 0 Å². The maximum absolute atomic E-state index is 12.9. The molecule has 0 bridgehead atoms. The lowest BCUT2D eigenvalue weighted by Crippen LogP contribution is -2.53. The largest absolute Gasteiger partial charge is 0.431 e. The van der Waals surface area contributed by atoms with E-state index in [9.17, 15) is 30.7 Å². The first-order valence-electron chi connectivity index (χ1n) is 3.89. The van der Waals surface area contributed by atoms with Crippen molar-refractivity contribution in [3.8, 4) is 5.40 Å². The summed E-state index contributed by atoms with van der Waals surface area (Å²) in [4.78, 5) is 0. The molecule has 0 saturated heterocycles. The third kappa shape index (κ3) is 3.43. The molecule has 16 heavy (non-hydrogen) atoms. The second-order valence-corrected chi connectivity index (χ2v) is 3.72. The minimum absolute atomic E-state index is 0.283. The standard InChI is InChI=1S/C7H6F7NS/c8-5(6(9,10)11,7(12,13)14)2-1-3-16-4-15/h1-3H2. The summed E-state index contributed by atoms with van der Waals surface area (Å²) in [5, 5.41) is 9.45. The SMILES string of the molecule is N#CSCCCC(F)(C(F)(F)F)C(F)(F)F. The van der Waals surface area contributed by atoms with Gasteiger partial charge in [-0.2, -0.15) is 31.6 Å². The summed E-state index contributed by atoms with van der Waals surface area (Å²) < 4.78 is 84.5. The van der Waals surface area contributed by atoms with Crippen molar-refractivity contribution in [2.75, 3.05) is 5.75 Å². The van der Waals surface area contributed by atoms with Gasteiger partial charge in [-0.1, -0.05) is 0 Å². The van der Waals surface area contributed by atoms with E-state index in [1.54, 1.807) is 0 Å². The maximum atomic E-state index is 12.9. The van der Waals surface area contributed by atoms with Gasteiger partial charge in [-0.15, -0.1) is 0 Å². The molecule has 0 aromatic rings. The van der Waals surface area contributed by atoms with E-state index >= 15 is 0 Å². The topological polar surface area (TPSA) is 23.8 Å². The molecule has 0 aromatic heterocycles. The minimum Gasteiger partial charge on any atom is -0.224 e. The molecular formula is C7H6F7NS. The second-order valence-electron chi connectivity index (χ2n) is 2.84. The summed E-state index contributed by atoms with van der Waals surface area (Å²) in [7, 11) is 0. The fourth-order valence-corrected chi connectivity index (χ4v) is 1.26. The average Bonchev–Trinajstić information content (AvgIpc) is 2.08. The van der Waals surface area contributed by atoms with Crippen molar-refractivity contribution in [1.82, 2.24) is 0 Å². The lowest BCUT2D eigenvalue weighted by molar-refractivity contribution is -0.343. The number of halogens is 7. The number of hydrogen-bond donors (Lipinski definition) is 0. The van der Waals surface area contributed by atoms with Gasteiger partial charge in [-0.25, -0.2) is 4.39 Å². The monoisotopic (exact) mass is 269 g/mol. The molecule has 0 unspecified atom stereocenters. The Labute approximate surface area is 90.6 Å². The Bertz CT molecular complexity index is 249. The third-order valence-electron chi connectivity index (χ3n) is 1.73. The first-order valence-corrected chi connectivity index (χ1v) is 4.88. The van der Waals surface area contributed by atoms with Crippen LogP contribution >= 0.6 is 11.8 Å². The summed E-state index contributed by atoms with van der Waals surface area (Å²) >= 11 is 0.474. The minimum atomic E-state index is -6.00. The van der Waals surface area contributed by atoms with Crippen molar-refractivity contribution in [3.63, 3.8) is 0 Å². The summed E-state index contributed by atoms with van der Waals surface area (Å²) in [5.41, 5.74) is -5.20. The van der Waals surface area contributed by atoms with Crippen molar-refractivity contribution in [3.05, 3.63) is 0 Å². The molecule has 0 aliphatic carbocycles. The maximum Gasteiger partial charge on any atom is 0.431 e. The van der Waals surface area contributed by atoms with Crippen molar-refractivity contribution in [2.45, 2.75) is 30.9 Å². The van der Waals surface area contributed by atoms with E-state index in [0.717, 1.165) is 0 Å². The van der Waals surface area contributed by atoms with Crippen LogP contribution < -0.4 is 0 Å². The molecule has 94 valence electrons. The Balaban J connectivity index is 4.66. The highest BCUT2D eigenvalue weighted by atomic mass is 32.2. The molecule has 0 N–H and O–H groups in total. The zero-order chi connectivity index (χ0) is 13.0. The van der Waals surface area contributed by atoms with Gasteiger partial charge in [-0.05, 0) is 18.2 Å². The van der Waals surface area contributed by atoms with Gasteiger partial charge in [0.2, 0.25) is 0 Å². The molecule has 0 aliphatic heterocycles. The predicted octanol–water partition coefficient (Wildman–Crippen LogP) is 3.81. The zero-order valence-corrected chi connectivity index (χ0v) is 8.44. The van der Waals surface area contributed by atoms with E-state index in [4.69, 9.17) is 5.26 Å². The van der Waals surface area contributed by atoms with Crippen LogP contribution in [0.3, 0.4) is 0 Å². The molecule has 1 nitrogen and oxygen atoms in total. The van der Waals surface area contributed by atoms with Crippen LogP contribution in [0.25, 0.3) is 0 Å². The van der Waals surface area contributed by atoms with E-state index in [1.165, 1.54) is 5.40 Å². The third-order valence-corrected chi connectivity index (χ3v) is 2.35. The van der Waals surface area contributed by atoms with E-state index in [0.29, 0.717) is 11.8 Å². The number of nitrogens with zero attached hydrogens (tertiary/aromatic N) is 1. The van der Waals surface area contributed by atoms with E-state index in [2.05, 4.69) is 0 Å². The predicted molar refractivity (Wildman–Crippen MR) is 43.3 cm³/mol. The van der Waals surface area contributed by atoms with Crippen LogP contribution in [0.4, 0.5) is 30.7 Å². The van der Waals surface area contributed by atoms with Crippen LogP contribution in [0.15, 0.2) is 0 Å². The molecule has 0 amide bonds. The highest BCUT2D eigenvalue weighted by molar-refractivity contribution is 8.03. The number of hydrogen-bond acceptors (Lipinski definition) is 2. The van der Waals surface area contributed by atoms with Crippen LogP contribution in [0.5, 0.6) is 0 Å². The fraction of sp³-hybridized carbons (Fsp3) is 0.857. The molecule has 0 fully saturated rings. The Morgan fingerprint density at radius 2 is 1.38 bits per heavy atom. The van der Waals surface area contributed by atoms with E-state index < -0.39 is 30.9 Å². The molecule has 0 saturated carbocycles. The Morgan fingerprint density at radius 3 is 1.69 bits per heavy atom. The summed E-state index contributed by atoms with van der Waals surface area (Å²) in [6.07, 6.45) is -14.4. The number of thioether (sulfide) groups is 1. The summed E-state index contributed by atoms with van der Waals surface area (Å²) in [6.45, 7) is 0. The lowest BCUT2D eigenvalue weighted by Gasteiger charge is -2.29. The fourth-order valence-electron chi connectivity index (χ4n) is 0.878. The lowest BCUT2D eigenvalue weighted by atomic mass is 9.99. The first kappa shape index (κ1) is 15.3. The molecule has 0 aliphatic rings. The molecule has 0 atom stereocenters. The van der Waals surface area contributed by atoms with Gasteiger partial charge < -0.3 is 0 Å². The van der Waals surface area contributed by atoms with Crippen molar-refractivity contribution >= 4 is 11.8 Å². The second kappa shape index (κ2) is 5.12. The molecule has 0 radical (unpaired) electrons. The number of alkyl halides is 7. The molecule has 0 rings (SSSR count). The molecule has 0 heterocycles. The average molecular weight is 269 g/mol. The van der Waals surface area contributed by atoms with Crippen LogP contribution in [-0.4, -0.2) is 23.8 Å². The van der Waals surface area contributed by atoms with Crippen molar-refractivity contribution in [2.24, 2.45) is 0 Å². The Kier molecular flexibility index (Phi) is 4.91.